The number of hydrogen-bond donors (Lipinski definition) is 0. The van der Waals surface area contributed by atoms with Crippen molar-refractivity contribution >= 4 is 48.6 Å². The zero-order valence-electron chi connectivity index (χ0n) is 32.1. The molecule has 0 atom stereocenters. The summed E-state index contributed by atoms with van der Waals surface area (Å²) in [6, 6.07) is 65.6. The average Bonchev–Trinajstić information content (AvgIpc) is 3.81. The van der Waals surface area contributed by atoms with Crippen LogP contribution in [0.5, 0.6) is 0 Å². The largest absolute Gasteiger partial charge is 0.310 e. The first kappa shape index (κ1) is 33.1. The smallest absolute Gasteiger partial charge is 0.0465 e. The third-order valence-electron chi connectivity index (χ3n) is 12.7. The summed E-state index contributed by atoms with van der Waals surface area (Å²) in [5.74, 6) is 0. The molecule has 0 amide bonds. The van der Waals surface area contributed by atoms with Gasteiger partial charge in [-0.15, -0.1) is 11.3 Å². The second-order valence-corrected chi connectivity index (χ2v) is 17.6. The van der Waals surface area contributed by atoms with Crippen molar-refractivity contribution in [2.24, 2.45) is 0 Å². The van der Waals surface area contributed by atoms with Crippen LogP contribution in [0.1, 0.15) is 49.9 Å². The number of rotatable bonds is 5. The minimum atomic E-state index is -0.169. The lowest BCUT2D eigenvalue weighted by Crippen LogP contribution is -2.16. The summed E-state index contributed by atoms with van der Waals surface area (Å²) >= 11 is 1.90. The second kappa shape index (κ2) is 12.1. The molecule has 0 saturated heterocycles. The van der Waals surface area contributed by atoms with E-state index in [4.69, 9.17) is 0 Å². The van der Waals surface area contributed by atoms with Crippen molar-refractivity contribution in [2.75, 3.05) is 4.90 Å². The van der Waals surface area contributed by atoms with Gasteiger partial charge >= 0.3 is 0 Å². The van der Waals surface area contributed by atoms with Gasteiger partial charge < -0.3 is 4.90 Å². The van der Waals surface area contributed by atoms with E-state index in [1.165, 1.54) is 86.9 Å². The van der Waals surface area contributed by atoms with Crippen molar-refractivity contribution in [3.63, 3.8) is 0 Å². The maximum atomic E-state index is 2.46. The van der Waals surface area contributed by atoms with Crippen molar-refractivity contribution in [1.82, 2.24) is 0 Å². The highest BCUT2D eigenvalue weighted by Gasteiger charge is 2.37. The Labute approximate surface area is 333 Å². The Bertz CT molecular complexity index is 3020. The van der Waals surface area contributed by atoms with Crippen LogP contribution in [-0.2, 0) is 10.8 Å². The van der Waals surface area contributed by atoms with Gasteiger partial charge in [-0.3, -0.25) is 0 Å². The van der Waals surface area contributed by atoms with Gasteiger partial charge in [0.15, 0.2) is 0 Å². The number of nitrogens with zero attached hydrogens (tertiary/aromatic N) is 1. The Hall–Kier alpha value is -6.22. The van der Waals surface area contributed by atoms with Gasteiger partial charge in [0.2, 0.25) is 0 Å². The van der Waals surface area contributed by atoms with Crippen LogP contribution in [0.15, 0.2) is 176 Å². The summed E-state index contributed by atoms with van der Waals surface area (Å²) in [6.07, 6.45) is 0. The molecule has 11 rings (SSSR count). The summed E-state index contributed by atoms with van der Waals surface area (Å²) < 4.78 is 2.70. The van der Waals surface area contributed by atoms with E-state index in [0.717, 1.165) is 17.1 Å². The maximum absolute atomic E-state index is 2.46. The van der Waals surface area contributed by atoms with Crippen molar-refractivity contribution in [2.45, 2.75) is 38.5 Å². The van der Waals surface area contributed by atoms with Gasteiger partial charge in [0.1, 0.15) is 0 Å². The van der Waals surface area contributed by atoms with Crippen LogP contribution in [0.25, 0.3) is 64.7 Å². The lowest BCUT2D eigenvalue weighted by Gasteiger charge is -2.28. The van der Waals surface area contributed by atoms with E-state index < -0.39 is 0 Å². The normalized spacial score (nSPS) is 14.4. The fourth-order valence-electron chi connectivity index (χ4n) is 9.72. The first-order valence-electron chi connectivity index (χ1n) is 19.7. The number of anilines is 3. The van der Waals surface area contributed by atoms with Crippen molar-refractivity contribution < 1.29 is 0 Å². The SMILES string of the molecule is CC1(C)c2ccccc2-c2ccc(-c3ccc(N(c4ccccc4)c4ccc5c(c4)C(C)(C)c4cc(-c6cccc7c6sc6ccccc67)ccc4-5)cc3)cc21. The zero-order valence-corrected chi connectivity index (χ0v) is 32.9. The van der Waals surface area contributed by atoms with Crippen LogP contribution in [0.2, 0.25) is 0 Å². The van der Waals surface area contributed by atoms with E-state index >= 15 is 0 Å². The van der Waals surface area contributed by atoms with Gasteiger partial charge in [0.05, 0.1) is 0 Å². The van der Waals surface area contributed by atoms with Crippen LogP contribution in [0, 0.1) is 0 Å². The number of para-hydroxylation sites is 1. The summed E-state index contributed by atoms with van der Waals surface area (Å²) in [6.45, 7) is 9.49. The second-order valence-electron chi connectivity index (χ2n) is 16.5. The van der Waals surface area contributed by atoms with E-state index in [0.29, 0.717) is 0 Å². The molecule has 56 heavy (non-hydrogen) atoms. The van der Waals surface area contributed by atoms with E-state index in [2.05, 4.69) is 209 Å². The molecule has 1 heterocycles. The third-order valence-corrected chi connectivity index (χ3v) is 13.9. The van der Waals surface area contributed by atoms with E-state index in [9.17, 15) is 0 Å². The van der Waals surface area contributed by atoms with Crippen LogP contribution in [-0.4, -0.2) is 0 Å². The van der Waals surface area contributed by atoms with Crippen molar-refractivity contribution in [3.8, 4) is 44.5 Å². The maximum Gasteiger partial charge on any atom is 0.0465 e. The van der Waals surface area contributed by atoms with Gasteiger partial charge in [-0.2, -0.15) is 0 Å². The first-order valence-corrected chi connectivity index (χ1v) is 20.5. The molecule has 268 valence electrons. The Balaban J connectivity index is 0.961. The molecule has 9 aromatic rings. The summed E-state index contributed by atoms with van der Waals surface area (Å²) in [4.78, 5) is 2.40. The highest BCUT2D eigenvalue weighted by Crippen LogP contribution is 2.53. The van der Waals surface area contributed by atoms with Crippen LogP contribution >= 0.6 is 11.3 Å². The topological polar surface area (TPSA) is 3.24 Å². The van der Waals surface area contributed by atoms with Crippen molar-refractivity contribution in [1.29, 1.82) is 0 Å². The molecule has 0 saturated carbocycles. The molecule has 0 bridgehead atoms. The van der Waals surface area contributed by atoms with E-state index in [-0.39, 0.29) is 10.8 Å². The van der Waals surface area contributed by atoms with Gasteiger partial charge in [-0.25, -0.2) is 0 Å². The average molecular weight is 736 g/mol. The third kappa shape index (κ3) is 4.85. The Morgan fingerprint density at radius 1 is 0.357 bits per heavy atom. The highest BCUT2D eigenvalue weighted by atomic mass is 32.1. The molecular formula is C54H41NS. The minimum Gasteiger partial charge on any atom is -0.310 e. The van der Waals surface area contributed by atoms with Gasteiger partial charge in [0, 0.05) is 48.1 Å². The fourth-order valence-corrected chi connectivity index (χ4v) is 11.0. The zero-order chi connectivity index (χ0) is 37.8. The van der Waals surface area contributed by atoms with Crippen LogP contribution in [0.3, 0.4) is 0 Å². The van der Waals surface area contributed by atoms with Crippen LogP contribution in [0.4, 0.5) is 17.1 Å². The Kier molecular flexibility index (Phi) is 7.18. The van der Waals surface area contributed by atoms with Gasteiger partial charge in [-0.05, 0) is 121 Å². The minimum absolute atomic E-state index is 0.0260. The number of fused-ring (bicyclic) bond motifs is 9. The standard InChI is InChI=1S/C54H41NS/c1-53(2)47-19-10-8-15-41(47)42-28-23-35(31-48(42)53)34-21-25-38(26-22-34)55(37-13-6-5-7-14-37)39-27-30-44-43-29-24-36(32-49(43)54(3,4)50(44)33-39)40-17-12-18-46-45-16-9-11-20-51(45)56-52(40)46/h5-33H,1-4H3. The molecule has 2 aliphatic carbocycles. The van der Waals surface area contributed by atoms with Crippen molar-refractivity contribution in [3.05, 3.63) is 198 Å². The number of hydrogen-bond acceptors (Lipinski definition) is 2. The quantitative estimate of drug-likeness (QED) is 0.170. The monoisotopic (exact) mass is 735 g/mol. The molecule has 2 aliphatic rings. The molecule has 0 radical (unpaired) electrons. The molecule has 1 aromatic heterocycles. The van der Waals surface area contributed by atoms with E-state index in [1.54, 1.807) is 0 Å². The molecular weight excluding hydrogens is 695 g/mol. The molecule has 1 nitrogen and oxygen atoms in total. The summed E-state index contributed by atoms with van der Waals surface area (Å²) in [5, 5.41) is 2.68. The molecule has 0 spiro atoms. The predicted molar refractivity (Wildman–Crippen MR) is 240 cm³/mol. The molecule has 2 heteroatoms. The van der Waals surface area contributed by atoms with Gasteiger partial charge in [0.25, 0.3) is 0 Å². The van der Waals surface area contributed by atoms with E-state index in [1.807, 2.05) is 11.3 Å². The van der Waals surface area contributed by atoms with Gasteiger partial charge in [-0.1, -0.05) is 149 Å². The Morgan fingerprint density at radius 3 is 1.66 bits per heavy atom. The number of thiophene rings is 1. The number of benzene rings is 8. The Morgan fingerprint density at radius 2 is 0.875 bits per heavy atom. The van der Waals surface area contributed by atoms with Crippen LogP contribution < -0.4 is 4.90 Å². The lowest BCUT2D eigenvalue weighted by molar-refractivity contribution is 0.660. The molecule has 0 fully saturated rings. The molecule has 0 aliphatic heterocycles. The molecule has 0 N–H and O–H groups in total. The lowest BCUT2D eigenvalue weighted by atomic mass is 9.81. The summed E-state index contributed by atoms with van der Waals surface area (Å²) in [5.41, 5.74) is 19.3. The fraction of sp³-hybridized carbons (Fsp3) is 0.111. The summed E-state index contributed by atoms with van der Waals surface area (Å²) in [7, 11) is 0. The molecule has 0 unspecified atom stereocenters. The highest BCUT2D eigenvalue weighted by molar-refractivity contribution is 7.26. The first-order chi connectivity index (χ1) is 27.3. The predicted octanol–water partition coefficient (Wildman–Crippen LogP) is 15.5. The molecule has 8 aromatic carbocycles.